The fourth-order valence-electron chi connectivity index (χ4n) is 2.89. The Balaban J connectivity index is 1.78. The molecule has 0 aliphatic rings. The van der Waals surface area contributed by atoms with Crippen LogP contribution >= 0.6 is 0 Å². The maximum absolute atomic E-state index is 12.5. The lowest BCUT2D eigenvalue weighted by atomic mass is 10.0. The fourth-order valence-corrected chi connectivity index (χ4v) is 2.89. The van der Waals surface area contributed by atoms with E-state index in [1.54, 1.807) is 24.3 Å². The summed E-state index contributed by atoms with van der Waals surface area (Å²) in [5.74, 6) is 0.128. The zero-order valence-electron chi connectivity index (χ0n) is 15.6. The first kappa shape index (κ1) is 18.5. The largest absolute Gasteiger partial charge is 0.292 e. The summed E-state index contributed by atoms with van der Waals surface area (Å²) < 4.78 is 0. The number of H-pyrrole nitrogens is 1. The SMILES string of the molecule is C/C(=N/NC(=O)c1n[nH]c(=O)c2ccccc12)c1ccc(CC(C)C)cc1. The van der Waals surface area contributed by atoms with Crippen LogP contribution in [-0.2, 0) is 6.42 Å². The van der Waals surface area contributed by atoms with E-state index in [4.69, 9.17) is 0 Å². The number of benzene rings is 2. The molecule has 2 aromatic carbocycles. The van der Waals surface area contributed by atoms with Gasteiger partial charge < -0.3 is 0 Å². The molecule has 6 heteroatoms. The monoisotopic (exact) mass is 362 g/mol. The molecule has 3 aromatic rings. The molecule has 0 spiro atoms. The molecular weight excluding hydrogens is 340 g/mol. The van der Waals surface area contributed by atoms with Gasteiger partial charge in [0.05, 0.1) is 11.1 Å². The molecule has 0 aliphatic heterocycles. The zero-order valence-corrected chi connectivity index (χ0v) is 15.6. The fraction of sp³-hybridized carbons (Fsp3) is 0.238. The second-order valence-corrected chi connectivity index (χ2v) is 6.88. The summed E-state index contributed by atoms with van der Waals surface area (Å²) in [6.45, 7) is 6.20. The van der Waals surface area contributed by atoms with Gasteiger partial charge in [-0.2, -0.15) is 10.2 Å². The summed E-state index contributed by atoms with van der Waals surface area (Å²) in [5.41, 5.74) is 5.22. The minimum atomic E-state index is -0.474. The van der Waals surface area contributed by atoms with E-state index in [0.29, 0.717) is 22.4 Å². The standard InChI is InChI=1S/C21H22N4O2/c1-13(2)12-15-8-10-16(11-9-15)14(3)22-25-21(27)19-17-6-4-5-7-18(17)20(26)24-23-19/h4-11,13H,12H2,1-3H3,(H,24,26)(H,25,27)/b22-14-. The Bertz CT molecular complexity index is 1050. The number of carbonyl (C=O) groups excluding carboxylic acids is 1. The minimum Gasteiger partial charge on any atom is -0.267 e. The highest BCUT2D eigenvalue weighted by molar-refractivity contribution is 6.06. The number of aromatic nitrogens is 2. The molecule has 0 saturated heterocycles. The molecule has 0 fully saturated rings. The van der Waals surface area contributed by atoms with Crippen LogP contribution in [0.25, 0.3) is 10.8 Å². The Morgan fingerprint density at radius 2 is 1.78 bits per heavy atom. The molecule has 0 aliphatic carbocycles. The predicted molar refractivity (Wildman–Crippen MR) is 107 cm³/mol. The first-order valence-electron chi connectivity index (χ1n) is 8.87. The van der Waals surface area contributed by atoms with Gasteiger partial charge in [0.2, 0.25) is 0 Å². The number of hydrogen-bond donors (Lipinski definition) is 2. The minimum absolute atomic E-state index is 0.133. The van der Waals surface area contributed by atoms with E-state index in [9.17, 15) is 9.59 Å². The molecule has 0 bridgehead atoms. The molecule has 138 valence electrons. The number of hydrazone groups is 1. The van der Waals surface area contributed by atoms with E-state index in [1.165, 1.54) is 5.56 Å². The lowest BCUT2D eigenvalue weighted by Crippen LogP contribution is -2.23. The van der Waals surface area contributed by atoms with Crippen molar-refractivity contribution in [3.8, 4) is 0 Å². The van der Waals surface area contributed by atoms with E-state index >= 15 is 0 Å². The molecule has 1 heterocycles. The van der Waals surface area contributed by atoms with Crippen LogP contribution in [0.3, 0.4) is 0 Å². The van der Waals surface area contributed by atoms with Gasteiger partial charge in [-0.05, 0) is 36.5 Å². The molecule has 0 saturated carbocycles. The maximum atomic E-state index is 12.5. The van der Waals surface area contributed by atoms with Gasteiger partial charge in [-0.25, -0.2) is 10.5 Å². The van der Waals surface area contributed by atoms with Crippen molar-refractivity contribution < 1.29 is 4.79 Å². The molecular formula is C21H22N4O2. The van der Waals surface area contributed by atoms with Gasteiger partial charge in [-0.15, -0.1) is 0 Å². The smallest absolute Gasteiger partial charge is 0.267 e. The van der Waals surface area contributed by atoms with Gasteiger partial charge in [-0.3, -0.25) is 9.59 Å². The van der Waals surface area contributed by atoms with Crippen molar-refractivity contribution in [1.82, 2.24) is 15.6 Å². The summed E-state index contributed by atoms with van der Waals surface area (Å²) in [7, 11) is 0. The van der Waals surface area contributed by atoms with Crippen LogP contribution in [0.2, 0.25) is 0 Å². The van der Waals surface area contributed by atoms with Gasteiger partial charge in [-0.1, -0.05) is 56.3 Å². The molecule has 27 heavy (non-hydrogen) atoms. The summed E-state index contributed by atoms with van der Waals surface area (Å²) >= 11 is 0. The van der Waals surface area contributed by atoms with Gasteiger partial charge in [0, 0.05) is 5.39 Å². The number of fused-ring (bicyclic) bond motifs is 1. The Morgan fingerprint density at radius 1 is 1.11 bits per heavy atom. The van der Waals surface area contributed by atoms with E-state index in [-0.39, 0.29) is 11.3 Å². The van der Waals surface area contributed by atoms with E-state index in [2.05, 4.69) is 46.7 Å². The molecule has 0 radical (unpaired) electrons. The second-order valence-electron chi connectivity index (χ2n) is 6.88. The molecule has 6 nitrogen and oxygen atoms in total. The van der Waals surface area contributed by atoms with Gasteiger partial charge in [0.15, 0.2) is 5.69 Å². The zero-order chi connectivity index (χ0) is 19.4. The number of nitrogens with zero attached hydrogens (tertiary/aromatic N) is 2. The highest BCUT2D eigenvalue weighted by Crippen LogP contribution is 2.13. The Hall–Kier alpha value is -3.28. The van der Waals surface area contributed by atoms with Gasteiger partial charge in [0.1, 0.15) is 0 Å². The summed E-state index contributed by atoms with van der Waals surface area (Å²) in [4.78, 5) is 24.3. The van der Waals surface area contributed by atoms with Crippen molar-refractivity contribution in [2.45, 2.75) is 27.2 Å². The highest BCUT2D eigenvalue weighted by atomic mass is 16.2. The number of aromatic amines is 1. The molecule has 1 aromatic heterocycles. The van der Waals surface area contributed by atoms with Crippen molar-refractivity contribution in [2.24, 2.45) is 11.0 Å². The average Bonchev–Trinajstić information content (AvgIpc) is 2.66. The summed E-state index contributed by atoms with van der Waals surface area (Å²) in [6.07, 6.45) is 1.03. The van der Waals surface area contributed by atoms with E-state index < -0.39 is 5.91 Å². The van der Waals surface area contributed by atoms with Crippen molar-refractivity contribution >= 4 is 22.4 Å². The molecule has 1 amide bonds. The molecule has 2 N–H and O–H groups in total. The first-order chi connectivity index (χ1) is 13.0. The van der Waals surface area contributed by atoms with Gasteiger partial charge in [0.25, 0.3) is 11.5 Å². The number of carbonyl (C=O) groups is 1. The van der Waals surface area contributed by atoms with Crippen molar-refractivity contribution in [1.29, 1.82) is 0 Å². The normalized spacial score (nSPS) is 11.8. The third-order valence-corrected chi connectivity index (χ3v) is 4.25. The van der Waals surface area contributed by atoms with Crippen LogP contribution in [0.5, 0.6) is 0 Å². The van der Waals surface area contributed by atoms with Gasteiger partial charge >= 0.3 is 0 Å². The third-order valence-electron chi connectivity index (χ3n) is 4.25. The van der Waals surface area contributed by atoms with Crippen LogP contribution in [0.4, 0.5) is 0 Å². The van der Waals surface area contributed by atoms with Crippen molar-refractivity contribution in [2.75, 3.05) is 0 Å². The summed E-state index contributed by atoms with van der Waals surface area (Å²) in [5, 5.41) is 11.3. The lowest BCUT2D eigenvalue weighted by Gasteiger charge is -2.07. The van der Waals surface area contributed by atoms with Crippen LogP contribution < -0.4 is 11.0 Å². The van der Waals surface area contributed by atoms with E-state index in [0.717, 1.165) is 12.0 Å². The number of rotatable bonds is 5. The number of hydrogen-bond acceptors (Lipinski definition) is 4. The maximum Gasteiger partial charge on any atom is 0.292 e. The molecule has 0 atom stereocenters. The molecule has 0 unspecified atom stereocenters. The quantitative estimate of drug-likeness (QED) is 0.539. The van der Waals surface area contributed by atoms with Crippen molar-refractivity contribution in [3.05, 3.63) is 75.7 Å². The van der Waals surface area contributed by atoms with E-state index in [1.807, 2.05) is 19.1 Å². The first-order valence-corrected chi connectivity index (χ1v) is 8.87. The van der Waals surface area contributed by atoms with Crippen LogP contribution in [0.1, 0.15) is 42.4 Å². The van der Waals surface area contributed by atoms with Crippen molar-refractivity contribution in [3.63, 3.8) is 0 Å². The highest BCUT2D eigenvalue weighted by Gasteiger charge is 2.13. The Morgan fingerprint density at radius 3 is 2.44 bits per heavy atom. The topological polar surface area (TPSA) is 87.2 Å². The lowest BCUT2D eigenvalue weighted by molar-refractivity contribution is 0.0950. The van der Waals surface area contributed by atoms with Crippen LogP contribution in [-0.4, -0.2) is 21.8 Å². The number of nitrogens with one attached hydrogen (secondary N) is 2. The molecule has 3 rings (SSSR count). The average molecular weight is 362 g/mol. The van der Waals surface area contributed by atoms with Crippen LogP contribution in [0.15, 0.2) is 58.4 Å². The Kier molecular flexibility index (Phi) is 5.45. The Labute approximate surface area is 157 Å². The second kappa shape index (κ2) is 7.95. The van der Waals surface area contributed by atoms with Crippen LogP contribution in [0, 0.1) is 5.92 Å². The number of amides is 1. The predicted octanol–water partition coefficient (Wildman–Crippen LogP) is 3.28. The summed E-state index contributed by atoms with van der Waals surface area (Å²) in [6, 6.07) is 15.0. The third kappa shape index (κ3) is 4.28.